The van der Waals surface area contributed by atoms with Crippen molar-refractivity contribution in [2.45, 2.75) is 12.8 Å². The highest BCUT2D eigenvalue weighted by molar-refractivity contribution is 5.67. The minimum absolute atomic E-state index is 0.0773. The molecule has 2 rings (SSSR count). The lowest BCUT2D eigenvalue weighted by Crippen LogP contribution is -2.02. The molecular formula is C10H11N3O2. The van der Waals surface area contributed by atoms with Gasteiger partial charge in [-0.05, 0) is 12.1 Å². The highest BCUT2D eigenvalue weighted by atomic mass is 16.4. The normalized spacial score (nSPS) is 10.7. The van der Waals surface area contributed by atoms with Gasteiger partial charge in [-0.15, -0.1) is 0 Å². The maximum Gasteiger partial charge on any atom is 0.303 e. The van der Waals surface area contributed by atoms with E-state index in [2.05, 4.69) is 4.98 Å². The monoisotopic (exact) mass is 205 g/mol. The van der Waals surface area contributed by atoms with Gasteiger partial charge in [-0.1, -0.05) is 0 Å². The van der Waals surface area contributed by atoms with Gasteiger partial charge in [-0.25, -0.2) is 4.98 Å². The quantitative estimate of drug-likeness (QED) is 0.781. The number of nitrogens with zero attached hydrogens (tertiary/aromatic N) is 2. The summed E-state index contributed by atoms with van der Waals surface area (Å²) in [6.07, 6.45) is 3.94. The van der Waals surface area contributed by atoms with Crippen LogP contribution in [0.5, 0.6) is 0 Å². The lowest BCUT2D eigenvalue weighted by Gasteiger charge is -2.00. The van der Waals surface area contributed by atoms with Gasteiger partial charge in [0, 0.05) is 18.3 Å². The van der Waals surface area contributed by atoms with E-state index in [4.69, 9.17) is 10.8 Å². The first-order chi connectivity index (χ1) is 7.16. The van der Waals surface area contributed by atoms with Gasteiger partial charge < -0.3 is 15.2 Å². The smallest absolute Gasteiger partial charge is 0.303 e. The summed E-state index contributed by atoms with van der Waals surface area (Å²) in [7, 11) is 0. The SMILES string of the molecule is Nc1ccc2cnc(CCC(=O)O)n2c1. The summed E-state index contributed by atoms with van der Waals surface area (Å²) < 4.78 is 1.82. The number of nitrogen functional groups attached to an aromatic ring is 1. The number of nitrogens with two attached hydrogens (primary N) is 1. The van der Waals surface area contributed by atoms with E-state index in [0.29, 0.717) is 12.1 Å². The van der Waals surface area contributed by atoms with Gasteiger partial charge in [-0.2, -0.15) is 0 Å². The number of aliphatic carboxylic acids is 1. The van der Waals surface area contributed by atoms with Gasteiger partial charge in [0.25, 0.3) is 0 Å². The van der Waals surface area contributed by atoms with E-state index in [0.717, 1.165) is 11.3 Å². The third kappa shape index (κ3) is 1.90. The molecule has 0 saturated carbocycles. The predicted molar refractivity (Wildman–Crippen MR) is 55.6 cm³/mol. The minimum atomic E-state index is -0.823. The van der Waals surface area contributed by atoms with Crippen LogP contribution in [0.3, 0.4) is 0 Å². The van der Waals surface area contributed by atoms with Crippen LogP contribution < -0.4 is 5.73 Å². The van der Waals surface area contributed by atoms with E-state index in [1.165, 1.54) is 0 Å². The molecule has 0 aliphatic carbocycles. The van der Waals surface area contributed by atoms with Crippen LogP contribution in [0.4, 0.5) is 5.69 Å². The van der Waals surface area contributed by atoms with Crippen LogP contribution in [0, 0.1) is 0 Å². The van der Waals surface area contributed by atoms with Crippen LogP contribution in [0.15, 0.2) is 24.5 Å². The predicted octanol–water partition coefficient (Wildman–Crippen LogP) is 0.934. The Labute approximate surface area is 86.2 Å². The average Bonchev–Trinajstić information content (AvgIpc) is 2.57. The van der Waals surface area contributed by atoms with Crippen LogP contribution in [-0.4, -0.2) is 20.5 Å². The Morgan fingerprint density at radius 3 is 3.07 bits per heavy atom. The standard InChI is InChI=1S/C10H11N3O2/c11-7-1-2-8-5-12-9(13(8)6-7)3-4-10(14)15/h1-2,5-6H,3-4,11H2,(H,14,15). The number of aromatic nitrogens is 2. The number of rotatable bonds is 3. The first-order valence-corrected chi connectivity index (χ1v) is 4.60. The first kappa shape index (κ1) is 9.51. The van der Waals surface area contributed by atoms with Gasteiger partial charge in [0.2, 0.25) is 0 Å². The Hall–Kier alpha value is -2.04. The lowest BCUT2D eigenvalue weighted by molar-refractivity contribution is -0.137. The Bertz CT molecular complexity index is 504. The van der Waals surface area contributed by atoms with E-state index >= 15 is 0 Å². The molecule has 0 radical (unpaired) electrons. The second-order valence-corrected chi connectivity index (χ2v) is 3.33. The highest BCUT2D eigenvalue weighted by Crippen LogP contribution is 2.11. The van der Waals surface area contributed by atoms with Gasteiger partial charge >= 0.3 is 5.97 Å². The third-order valence-corrected chi connectivity index (χ3v) is 2.19. The Balaban J connectivity index is 2.35. The van der Waals surface area contributed by atoms with Crippen LogP contribution in [-0.2, 0) is 11.2 Å². The topological polar surface area (TPSA) is 80.6 Å². The van der Waals surface area contributed by atoms with E-state index < -0.39 is 5.97 Å². The van der Waals surface area contributed by atoms with Crippen molar-refractivity contribution in [3.63, 3.8) is 0 Å². The molecule has 0 amide bonds. The molecule has 2 heterocycles. The fourth-order valence-corrected chi connectivity index (χ4v) is 1.46. The molecule has 2 aromatic heterocycles. The zero-order valence-electron chi connectivity index (χ0n) is 8.05. The Morgan fingerprint density at radius 2 is 2.33 bits per heavy atom. The van der Waals surface area contributed by atoms with Gasteiger partial charge in [0.1, 0.15) is 5.82 Å². The Morgan fingerprint density at radius 1 is 1.53 bits per heavy atom. The summed E-state index contributed by atoms with van der Waals surface area (Å²) in [5.74, 6) is -0.102. The van der Waals surface area contributed by atoms with Crippen LogP contribution in [0.25, 0.3) is 5.52 Å². The highest BCUT2D eigenvalue weighted by Gasteiger charge is 2.05. The lowest BCUT2D eigenvalue weighted by atomic mass is 10.3. The zero-order valence-corrected chi connectivity index (χ0v) is 8.05. The number of carboxylic acids is 1. The molecule has 0 saturated heterocycles. The zero-order chi connectivity index (χ0) is 10.8. The fraction of sp³-hybridized carbons (Fsp3) is 0.200. The largest absolute Gasteiger partial charge is 0.481 e. The molecule has 15 heavy (non-hydrogen) atoms. The molecular weight excluding hydrogens is 194 g/mol. The molecule has 0 bridgehead atoms. The van der Waals surface area contributed by atoms with Crippen LogP contribution >= 0.6 is 0 Å². The summed E-state index contributed by atoms with van der Waals surface area (Å²) in [6.45, 7) is 0. The van der Waals surface area contributed by atoms with Crippen molar-refractivity contribution in [2.24, 2.45) is 0 Å². The summed E-state index contributed by atoms with van der Waals surface area (Å²) >= 11 is 0. The number of hydrogen-bond donors (Lipinski definition) is 2. The number of hydrogen-bond acceptors (Lipinski definition) is 3. The fourth-order valence-electron chi connectivity index (χ4n) is 1.46. The maximum absolute atomic E-state index is 10.4. The number of imidazole rings is 1. The number of pyridine rings is 1. The number of carbonyl (C=O) groups is 1. The summed E-state index contributed by atoms with van der Waals surface area (Å²) in [6, 6.07) is 3.64. The molecule has 2 aromatic rings. The summed E-state index contributed by atoms with van der Waals surface area (Å²) in [4.78, 5) is 14.6. The number of anilines is 1. The van der Waals surface area contributed by atoms with Crippen molar-refractivity contribution in [3.8, 4) is 0 Å². The van der Waals surface area contributed by atoms with Crippen molar-refractivity contribution >= 4 is 17.2 Å². The molecule has 0 aromatic carbocycles. The number of carboxylic acid groups (broad SMARTS) is 1. The first-order valence-electron chi connectivity index (χ1n) is 4.60. The Kier molecular flexibility index (Phi) is 2.29. The second-order valence-electron chi connectivity index (χ2n) is 3.33. The molecule has 5 nitrogen and oxygen atoms in total. The van der Waals surface area contributed by atoms with Gasteiger partial charge in [0.15, 0.2) is 0 Å². The van der Waals surface area contributed by atoms with Crippen LogP contribution in [0.2, 0.25) is 0 Å². The van der Waals surface area contributed by atoms with Crippen molar-refractivity contribution in [1.82, 2.24) is 9.38 Å². The molecule has 3 N–H and O–H groups in total. The second kappa shape index (κ2) is 3.61. The van der Waals surface area contributed by atoms with E-state index in [1.807, 2.05) is 10.5 Å². The third-order valence-electron chi connectivity index (χ3n) is 2.19. The van der Waals surface area contributed by atoms with Gasteiger partial charge in [0.05, 0.1) is 18.1 Å². The average molecular weight is 205 g/mol. The maximum atomic E-state index is 10.4. The molecule has 0 spiro atoms. The molecule has 0 unspecified atom stereocenters. The molecule has 0 aliphatic rings. The molecule has 0 fully saturated rings. The van der Waals surface area contributed by atoms with Crippen molar-refractivity contribution in [3.05, 3.63) is 30.4 Å². The van der Waals surface area contributed by atoms with Crippen molar-refractivity contribution in [2.75, 3.05) is 5.73 Å². The van der Waals surface area contributed by atoms with Crippen LogP contribution in [0.1, 0.15) is 12.2 Å². The van der Waals surface area contributed by atoms with E-state index in [9.17, 15) is 4.79 Å². The van der Waals surface area contributed by atoms with Gasteiger partial charge in [-0.3, -0.25) is 4.79 Å². The number of aryl methyl sites for hydroxylation is 1. The molecule has 5 heteroatoms. The molecule has 78 valence electrons. The number of fused-ring (bicyclic) bond motifs is 1. The minimum Gasteiger partial charge on any atom is -0.481 e. The van der Waals surface area contributed by atoms with E-state index in [1.54, 1.807) is 18.5 Å². The summed E-state index contributed by atoms with van der Waals surface area (Å²) in [5, 5.41) is 8.58. The van der Waals surface area contributed by atoms with Crippen molar-refractivity contribution in [1.29, 1.82) is 0 Å². The molecule has 0 aliphatic heterocycles. The van der Waals surface area contributed by atoms with Crippen molar-refractivity contribution < 1.29 is 9.90 Å². The van der Waals surface area contributed by atoms with E-state index in [-0.39, 0.29) is 6.42 Å². The molecule has 0 atom stereocenters. The summed E-state index contributed by atoms with van der Waals surface area (Å²) in [5.41, 5.74) is 7.20.